The van der Waals surface area contributed by atoms with Crippen molar-refractivity contribution in [2.75, 3.05) is 0 Å². The summed E-state index contributed by atoms with van der Waals surface area (Å²) < 4.78 is 0. The molecule has 0 radical (unpaired) electrons. The summed E-state index contributed by atoms with van der Waals surface area (Å²) in [6.07, 6.45) is 5.18. The quantitative estimate of drug-likeness (QED) is 0.854. The number of benzene rings is 1. The van der Waals surface area contributed by atoms with Gasteiger partial charge in [-0.05, 0) is 31.9 Å². The van der Waals surface area contributed by atoms with Crippen molar-refractivity contribution in [2.24, 2.45) is 5.73 Å². The topological polar surface area (TPSA) is 54.7 Å². The van der Waals surface area contributed by atoms with Gasteiger partial charge in [-0.2, -0.15) is 0 Å². The molecule has 0 fully saturated rings. The molecule has 2 rings (SSSR count). The largest absolute Gasteiger partial charge is 0.341 e. The maximum Gasteiger partial charge on any atom is 0.123 e. The Morgan fingerprint density at radius 1 is 1.32 bits per heavy atom. The fourth-order valence-corrected chi connectivity index (χ4v) is 2.25. The molecular weight excluding hydrogens is 234 g/mol. The van der Waals surface area contributed by atoms with E-state index in [0.29, 0.717) is 0 Å². The first-order valence-electron chi connectivity index (χ1n) is 7.00. The van der Waals surface area contributed by atoms with Gasteiger partial charge in [0.1, 0.15) is 5.82 Å². The van der Waals surface area contributed by atoms with Gasteiger partial charge in [-0.1, -0.05) is 37.5 Å². The standard InChI is InChI=1S/C16H23N3/c1-4-5-6-14(17)16-18-10-15(19-16)13-9-11(2)7-8-12(13)3/h7-10,14H,4-6,17H2,1-3H3,(H,18,19). The van der Waals surface area contributed by atoms with Crippen LogP contribution >= 0.6 is 0 Å². The van der Waals surface area contributed by atoms with Crippen molar-refractivity contribution in [3.8, 4) is 11.3 Å². The van der Waals surface area contributed by atoms with Gasteiger partial charge in [0, 0.05) is 5.56 Å². The van der Waals surface area contributed by atoms with Gasteiger partial charge in [0.25, 0.3) is 0 Å². The van der Waals surface area contributed by atoms with Crippen LogP contribution in [0.1, 0.15) is 49.2 Å². The first-order chi connectivity index (χ1) is 9.11. The lowest BCUT2D eigenvalue weighted by Crippen LogP contribution is -2.11. The number of H-pyrrole nitrogens is 1. The molecule has 0 spiro atoms. The third-order valence-corrected chi connectivity index (χ3v) is 3.50. The van der Waals surface area contributed by atoms with Crippen LogP contribution in [0.5, 0.6) is 0 Å². The van der Waals surface area contributed by atoms with Crippen LogP contribution in [0.15, 0.2) is 24.4 Å². The third kappa shape index (κ3) is 3.24. The Morgan fingerprint density at radius 2 is 2.11 bits per heavy atom. The molecule has 1 atom stereocenters. The highest BCUT2D eigenvalue weighted by Gasteiger charge is 2.11. The number of rotatable bonds is 5. The van der Waals surface area contributed by atoms with Crippen molar-refractivity contribution >= 4 is 0 Å². The minimum atomic E-state index is 0.0128. The van der Waals surface area contributed by atoms with Gasteiger partial charge in [-0.25, -0.2) is 4.98 Å². The number of aryl methyl sites for hydroxylation is 2. The SMILES string of the molecule is CCCCC(N)c1ncc(-c2cc(C)ccc2C)[nH]1. The van der Waals surface area contributed by atoms with E-state index in [9.17, 15) is 0 Å². The average molecular weight is 257 g/mol. The average Bonchev–Trinajstić information content (AvgIpc) is 2.88. The lowest BCUT2D eigenvalue weighted by molar-refractivity contribution is 0.580. The van der Waals surface area contributed by atoms with Crippen LogP contribution in [0.2, 0.25) is 0 Å². The molecule has 0 aliphatic rings. The summed E-state index contributed by atoms with van der Waals surface area (Å²) in [6, 6.07) is 6.47. The summed E-state index contributed by atoms with van der Waals surface area (Å²) in [7, 11) is 0. The predicted octanol–water partition coefficient (Wildman–Crippen LogP) is 3.88. The van der Waals surface area contributed by atoms with Crippen LogP contribution in [0.3, 0.4) is 0 Å². The Hall–Kier alpha value is -1.61. The number of hydrogen-bond acceptors (Lipinski definition) is 2. The molecule has 19 heavy (non-hydrogen) atoms. The van der Waals surface area contributed by atoms with E-state index in [4.69, 9.17) is 5.73 Å². The van der Waals surface area contributed by atoms with Gasteiger partial charge in [-0.3, -0.25) is 0 Å². The number of aromatic nitrogens is 2. The molecular formula is C16H23N3. The summed E-state index contributed by atoms with van der Waals surface area (Å²) in [5.41, 5.74) is 10.9. The van der Waals surface area contributed by atoms with Crippen LogP contribution < -0.4 is 5.73 Å². The second-order valence-electron chi connectivity index (χ2n) is 5.25. The Bertz CT molecular complexity index is 543. The summed E-state index contributed by atoms with van der Waals surface area (Å²) in [5, 5.41) is 0. The molecule has 0 saturated carbocycles. The van der Waals surface area contributed by atoms with Crippen LogP contribution in [0, 0.1) is 13.8 Å². The van der Waals surface area contributed by atoms with E-state index in [1.54, 1.807) is 0 Å². The predicted molar refractivity (Wildman–Crippen MR) is 80.0 cm³/mol. The molecule has 0 amide bonds. The first kappa shape index (κ1) is 13.8. The van der Waals surface area contributed by atoms with Crippen LogP contribution in [0.4, 0.5) is 0 Å². The zero-order chi connectivity index (χ0) is 13.8. The molecule has 1 aromatic heterocycles. The number of hydrogen-bond donors (Lipinski definition) is 2. The molecule has 0 aliphatic carbocycles. The van der Waals surface area contributed by atoms with E-state index in [0.717, 1.165) is 30.8 Å². The van der Waals surface area contributed by atoms with E-state index >= 15 is 0 Å². The summed E-state index contributed by atoms with van der Waals surface area (Å²) in [4.78, 5) is 7.81. The van der Waals surface area contributed by atoms with Crippen LogP contribution in [-0.2, 0) is 0 Å². The minimum absolute atomic E-state index is 0.0128. The van der Waals surface area contributed by atoms with Gasteiger partial charge in [0.05, 0.1) is 17.9 Å². The van der Waals surface area contributed by atoms with Crippen molar-refractivity contribution in [1.29, 1.82) is 0 Å². The molecule has 0 saturated heterocycles. The molecule has 3 nitrogen and oxygen atoms in total. The van der Waals surface area contributed by atoms with Crippen molar-refractivity contribution in [3.63, 3.8) is 0 Å². The van der Waals surface area contributed by atoms with E-state index < -0.39 is 0 Å². The van der Waals surface area contributed by atoms with Crippen molar-refractivity contribution in [2.45, 2.75) is 46.1 Å². The van der Waals surface area contributed by atoms with E-state index in [2.05, 4.69) is 48.9 Å². The smallest absolute Gasteiger partial charge is 0.123 e. The number of nitrogens with two attached hydrogens (primary N) is 1. The maximum absolute atomic E-state index is 6.15. The Kier molecular flexibility index (Phi) is 4.38. The lowest BCUT2D eigenvalue weighted by atomic mass is 10.0. The zero-order valence-electron chi connectivity index (χ0n) is 12.0. The Balaban J connectivity index is 2.23. The summed E-state index contributed by atoms with van der Waals surface area (Å²) in [6.45, 7) is 6.40. The fourth-order valence-electron chi connectivity index (χ4n) is 2.25. The number of imidazole rings is 1. The Labute approximate surface area is 115 Å². The normalized spacial score (nSPS) is 12.6. The van der Waals surface area contributed by atoms with Gasteiger partial charge >= 0.3 is 0 Å². The molecule has 1 heterocycles. The van der Waals surface area contributed by atoms with Crippen LogP contribution in [-0.4, -0.2) is 9.97 Å². The first-order valence-corrected chi connectivity index (χ1v) is 7.00. The number of nitrogens with zero attached hydrogens (tertiary/aromatic N) is 1. The van der Waals surface area contributed by atoms with Crippen molar-refractivity contribution in [1.82, 2.24) is 9.97 Å². The van der Waals surface area contributed by atoms with E-state index in [1.165, 1.54) is 16.7 Å². The van der Waals surface area contributed by atoms with Gasteiger partial charge < -0.3 is 10.7 Å². The molecule has 1 aromatic carbocycles. The van der Waals surface area contributed by atoms with Crippen molar-refractivity contribution in [3.05, 3.63) is 41.3 Å². The summed E-state index contributed by atoms with van der Waals surface area (Å²) >= 11 is 0. The maximum atomic E-state index is 6.15. The third-order valence-electron chi connectivity index (χ3n) is 3.50. The van der Waals surface area contributed by atoms with Gasteiger partial charge in [0.2, 0.25) is 0 Å². The molecule has 0 aliphatic heterocycles. The summed E-state index contributed by atoms with van der Waals surface area (Å²) in [5.74, 6) is 0.893. The zero-order valence-corrected chi connectivity index (χ0v) is 12.0. The second kappa shape index (κ2) is 6.02. The highest BCUT2D eigenvalue weighted by atomic mass is 15.0. The lowest BCUT2D eigenvalue weighted by Gasteiger charge is -2.08. The minimum Gasteiger partial charge on any atom is -0.341 e. The fraction of sp³-hybridized carbons (Fsp3) is 0.438. The van der Waals surface area contributed by atoms with E-state index in [-0.39, 0.29) is 6.04 Å². The van der Waals surface area contributed by atoms with Gasteiger partial charge in [-0.15, -0.1) is 0 Å². The van der Waals surface area contributed by atoms with Crippen LogP contribution in [0.25, 0.3) is 11.3 Å². The molecule has 3 heteroatoms. The molecule has 2 aromatic rings. The number of aromatic amines is 1. The molecule has 3 N–H and O–H groups in total. The monoisotopic (exact) mass is 257 g/mol. The second-order valence-corrected chi connectivity index (χ2v) is 5.25. The van der Waals surface area contributed by atoms with Gasteiger partial charge in [0.15, 0.2) is 0 Å². The van der Waals surface area contributed by atoms with Crippen molar-refractivity contribution < 1.29 is 0 Å². The highest BCUT2D eigenvalue weighted by Crippen LogP contribution is 2.24. The van der Waals surface area contributed by atoms with E-state index in [1.807, 2.05) is 6.20 Å². The highest BCUT2D eigenvalue weighted by molar-refractivity contribution is 5.63. The molecule has 102 valence electrons. The Morgan fingerprint density at radius 3 is 2.84 bits per heavy atom. The molecule has 1 unspecified atom stereocenters. The number of nitrogens with one attached hydrogen (secondary N) is 1. The number of unbranched alkanes of at least 4 members (excludes halogenated alkanes) is 1. The molecule has 0 bridgehead atoms.